The third kappa shape index (κ3) is 5.87. The van der Waals surface area contributed by atoms with Crippen LogP contribution in [-0.2, 0) is 4.79 Å². The maximum absolute atomic E-state index is 13.2. The van der Waals surface area contributed by atoms with Crippen LogP contribution in [0.2, 0.25) is 0 Å². The van der Waals surface area contributed by atoms with E-state index in [0.717, 1.165) is 16.0 Å². The van der Waals surface area contributed by atoms with E-state index in [1.54, 1.807) is 30.6 Å². The number of pyridine rings is 1. The van der Waals surface area contributed by atoms with Crippen LogP contribution in [0.5, 0.6) is 0 Å². The minimum Gasteiger partial charge on any atom is -0.325 e. The summed E-state index contributed by atoms with van der Waals surface area (Å²) in [4.78, 5) is 30.8. The van der Waals surface area contributed by atoms with Crippen LogP contribution in [0, 0.1) is 6.92 Å². The van der Waals surface area contributed by atoms with Crippen molar-refractivity contribution in [2.24, 2.45) is 0 Å². The van der Waals surface area contributed by atoms with Crippen LogP contribution in [0.25, 0.3) is 0 Å². The van der Waals surface area contributed by atoms with Crippen molar-refractivity contribution in [2.45, 2.75) is 17.1 Å². The van der Waals surface area contributed by atoms with Crippen LogP contribution in [-0.4, -0.2) is 16.8 Å². The van der Waals surface area contributed by atoms with E-state index in [1.165, 1.54) is 11.8 Å². The molecule has 0 aliphatic heterocycles. The minimum atomic E-state index is -0.471. The molecule has 0 fully saturated rings. The zero-order valence-electron chi connectivity index (χ0n) is 18.1. The molecule has 6 heteroatoms. The molecule has 0 aliphatic rings. The number of nitrogens with zero attached hydrogens (tertiary/aromatic N) is 1. The van der Waals surface area contributed by atoms with Crippen molar-refractivity contribution in [1.82, 2.24) is 4.98 Å². The fourth-order valence-electron chi connectivity index (χ4n) is 3.35. The number of thioether (sulfide) groups is 1. The molecule has 0 saturated heterocycles. The highest BCUT2D eigenvalue weighted by molar-refractivity contribution is 8.00. The van der Waals surface area contributed by atoms with Gasteiger partial charge in [0.25, 0.3) is 5.91 Å². The first kappa shape index (κ1) is 22.3. The second kappa shape index (κ2) is 10.6. The number of hydrogen-bond acceptors (Lipinski definition) is 4. The van der Waals surface area contributed by atoms with Crippen LogP contribution in [0.1, 0.15) is 26.7 Å². The average Bonchev–Trinajstić information content (AvgIpc) is 2.84. The van der Waals surface area contributed by atoms with Gasteiger partial charge in [-0.1, -0.05) is 54.6 Å². The quantitative estimate of drug-likeness (QED) is 0.331. The van der Waals surface area contributed by atoms with Crippen LogP contribution in [0.3, 0.4) is 0 Å². The highest BCUT2D eigenvalue weighted by Crippen LogP contribution is 2.37. The van der Waals surface area contributed by atoms with Gasteiger partial charge in [-0.2, -0.15) is 0 Å². The van der Waals surface area contributed by atoms with E-state index < -0.39 is 5.25 Å². The molecule has 1 heterocycles. The summed E-state index contributed by atoms with van der Waals surface area (Å²) in [6.45, 7) is 1.91. The number of hydrogen-bond donors (Lipinski definition) is 2. The Balaban J connectivity index is 1.54. The predicted molar refractivity (Wildman–Crippen MR) is 133 cm³/mol. The molecule has 1 unspecified atom stereocenters. The van der Waals surface area contributed by atoms with E-state index in [1.807, 2.05) is 79.7 Å². The third-order valence-corrected chi connectivity index (χ3v) is 6.27. The van der Waals surface area contributed by atoms with Crippen molar-refractivity contribution < 1.29 is 9.59 Å². The molecule has 0 aliphatic carbocycles. The summed E-state index contributed by atoms with van der Waals surface area (Å²) in [6.07, 6.45) is 3.28. The minimum absolute atomic E-state index is 0.133. The van der Waals surface area contributed by atoms with Crippen molar-refractivity contribution >= 4 is 35.0 Å². The Kier molecular flexibility index (Phi) is 7.17. The first-order valence-corrected chi connectivity index (χ1v) is 11.4. The number of rotatable bonds is 7. The lowest BCUT2D eigenvalue weighted by atomic mass is 10.1. The topological polar surface area (TPSA) is 71.1 Å². The monoisotopic (exact) mass is 453 g/mol. The summed E-state index contributed by atoms with van der Waals surface area (Å²) < 4.78 is 0. The first-order chi connectivity index (χ1) is 16.1. The molecular weight excluding hydrogens is 430 g/mol. The number of benzene rings is 3. The Hall–Kier alpha value is -3.90. The molecule has 0 bridgehead atoms. The van der Waals surface area contributed by atoms with Gasteiger partial charge in [0, 0.05) is 34.2 Å². The third-order valence-electron chi connectivity index (χ3n) is 5.02. The van der Waals surface area contributed by atoms with E-state index in [0.29, 0.717) is 16.9 Å². The van der Waals surface area contributed by atoms with E-state index in [9.17, 15) is 9.59 Å². The maximum atomic E-state index is 13.2. The number of carbonyl (C=O) groups is 2. The fraction of sp³-hybridized carbons (Fsp3) is 0.0741. The van der Waals surface area contributed by atoms with E-state index >= 15 is 0 Å². The number of carbonyl (C=O) groups excluding carboxylic acids is 2. The number of anilines is 2. The van der Waals surface area contributed by atoms with E-state index in [-0.39, 0.29) is 11.8 Å². The summed E-state index contributed by atoms with van der Waals surface area (Å²) in [5.41, 5.74) is 3.81. The molecule has 0 spiro atoms. The van der Waals surface area contributed by atoms with Crippen LogP contribution >= 0.6 is 11.8 Å². The summed E-state index contributed by atoms with van der Waals surface area (Å²) in [5, 5.41) is 5.46. The summed E-state index contributed by atoms with van der Waals surface area (Å²) in [5.74, 6) is -0.294. The van der Waals surface area contributed by atoms with Crippen molar-refractivity contribution in [3.8, 4) is 0 Å². The van der Waals surface area contributed by atoms with Crippen molar-refractivity contribution in [3.05, 3.63) is 120 Å². The summed E-state index contributed by atoms with van der Waals surface area (Å²) in [6, 6.07) is 28.2. The van der Waals surface area contributed by atoms with Gasteiger partial charge in [0.15, 0.2) is 0 Å². The fourth-order valence-corrected chi connectivity index (χ4v) is 4.44. The van der Waals surface area contributed by atoms with Gasteiger partial charge in [0.2, 0.25) is 5.91 Å². The molecule has 164 valence electrons. The number of aryl methyl sites for hydroxylation is 1. The molecule has 2 N–H and O–H groups in total. The standard InChI is InChI=1S/C27H23N3O2S/c1-19-8-5-6-13-24(19)26(31)30-22-11-7-12-23(18-22)33-25(20-9-3-2-4-10-20)27(32)29-21-14-16-28-17-15-21/h2-18,25H,1H3,(H,30,31)(H,28,29,32). The highest BCUT2D eigenvalue weighted by atomic mass is 32.2. The second-order valence-electron chi connectivity index (χ2n) is 7.43. The SMILES string of the molecule is Cc1ccccc1C(=O)Nc1cccc(SC(C(=O)Nc2ccncc2)c2ccccc2)c1. The number of nitrogens with one attached hydrogen (secondary N) is 2. The van der Waals surface area contributed by atoms with Gasteiger partial charge in [-0.3, -0.25) is 14.6 Å². The van der Waals surface area contributed by atoms with Gasteiger partial charge in [-0.25, -0.2) is 0 Å². The van der Waals surface area contributed by atoms with Gasteiger partial charge < -0.3 is 10.6 Å². The Morgan fingerprint density at radius 1 is 0.788 bits per heavy atom. The molecule has 33 heavy (non-hydrogen) atoms. The van der Waals surface area contributed by atoms with Crippen molar-refractivity contribution in [1.29, 1.82) is 0 Å². The number of amides is 2. The molecule has 4 aromatic rings. The van der Waals surface area contributed by atoms with Gasteiger partial charge in [0.1, 0.15) is 5.25 Å². The van der Waals surface area contributed by atoms with Gasteiger partial charge in [0.05, 0.1) is 0 Å². The maximum Gasteiger partial charge on any atom is 0.255 e. The largest absolute Gasteiger partial charge is 0.325 e. The molecule has 2 amide bonds. The highest BCUT2D eigenvalue weighted by Gasteiger charge is 2.22. The molecule has 4 rings (SSSR count). The number of aromatic nitrogens is 1. The van der Waals surface area contributed by atoms with Gasteiger partial charge in [-0.15, -0.1) is 11.8 Å². The summed E-state index contributed by atoms with van der Waals surface area (Å²) >= 11 is 1.43. The average molecular weight is 454 g/mol. The lowest BCUT2D eigenvalue weighted by Gasteiger charge is -2.17. The van der Waals surface area contributed by atoms with Crippen molar-refractivity contribution in [3.63, 3.8) is 0 Å². The van der Waals surface area contributed by atoms with Crippen LogP contribution in [0.4, 0.5) is 11.4 Å². The smallest absolute Gasteiger partial charge is 0.255 e. The van der Waals surface area contributed by atoms with Crippen molar-refractivity contribution in [2.75, 3.05) is 10.6 Å². The molecule has 0 radical (unpaired) electrons. The molecular formula is C27H23N3O2S. The lowest BCUT2D eigenvalue weighted by Crippen LogP contribution is -2.19. The van der Waals surface area contributed by atoms with Gasteiger partial charge in [-0.05, 0) is 54.4 Å². The Labute approximate surface area is 197 Å². The molecule has 5 nitrogen and oxygen atoms in total. The Morgan fingerprint density at radius 2 is 1.52 bits per heavy atom. The zero-order chi connectivity index (χ0) is 23.0. The molecule has 0 saturated carbocycles. The lowest BCUT2D eigenvalue weighted by molar-refractivity contribution is -0.115. The predicted octanol–water partition coefficient (Wildman–Crippen LogP) is 6.11. The Morgan fingerprint density at radius 3 is 2.27 bits per heavy atom. The van der Waals surface area contributed by atoms with Crippen LogP contribution in [0.15, 0.2) is 108 Å². The molecule has 3 aromatic carbocycles. The second-order valence-corrected chi connectivity index (χ2v) is 8.61. The van der Waals surface area contributed by atoms with Crippen LogP contribution < -0.4 is 10.6 Å². The Bertz CT molecular complexity index is 1250. The van der Waals surface area contributed by atoms with E-state index in [2.05, 4.69) is 15.6 Å². The normalized spacial score (nSPS) is 11.4. The first-order valence-electron chi connectivity index (χ1n) is 10.5. The molecule has 1 atom stereocenters. The van der Waals surface area contributed by atoms with E-state index in [4.69, 9.17) is 0 Å². The summed E-state index contributed by atoms with van der Waals surface area (Å²) in [7, 11) is 0. The molecule has 1 aromatic heterocycles. The zero-order valence-corrected chi connectivity index (χ0v) is 18.9. The van der Waals surface area contributed by atoms with Gasteiger partial charge >= 0.3 is 0 Å².